The molecule has 2 amide bonds. The zero-order chi connectivity index (χ0) is 17.4. The molecule has 24 heavy (non-hydrogen) atoms. The van der Waals surface area contributed by atoms with Crippen LogP contribution in [-0.4, -0.2) is 31.4 Å². The van der Waals surface area contributed by atoms with Gasteiger partial charge in [-0.2, -0.15) is 0 Å². The van der Waals surface area contributed by atoms with Gasteiger partial charge in [0.15, 0.2) is 6.61 Å². The van der Waals surface area contributed by atoms with Crippen molar-refractivity contribution in [2.45, 2.75) is 38.5 Å². The van der Waals surface area contributed by atoms with E-state index in [2.05, 4.69) is 10.6 Å². The molecule has 2 N–H and O–H groups in total. The molecule has 1 saturated carbocycles. The molecule has 1 aliphatic carbocycles. The van der Waals surface area contributed by atoms with Crippen molar-refractivity contribution in [3.8, 4) is 0 Å². The molecule has 0 heterocycles. The average Bonchev–Trinajstić information content (AvgIpc) is 3.11. The third-order valence-electron chi connectivity index (χ3n) is 4.25. The number of amides is 2. The fourth-order valence-corrected chi connectivity index (χ4v) is 2.89. The molecule has 0 bridgehead atoms. The Balaban J connectivity index is 1.68. The number of hydrogen-bond donors (Lipinski definition) is 2. The van der Waals surface area contributed by atoms with Gasteiger partial charge in [0.2, 0.25) is 0 Å². The minimum atomic E-state index is -0.392. The van der Waals surface area contributed by atoms with Crippen molar-refractivity contribution < 1.29 is 19.1 Å². The Morgan fingerprint density at radius 2 is 1.79 bits per heavy atom. The van der Waals surface area contributed by atoms with E-state index in [-0.39, 0.29) is 18.5 Å². The van der Waals surface area contributed by atoms with Crippen LogP contribution in [0.15, 0.2) is 24.3 Å². The molecular weight excluding hydrogens is 308 g/mol. The van der Waals surface area contributed by atoms with Gasteiger partial charge in [0.1, 0.15) is 0 Å². The third kappa shape index (κ3) is 5.68. The first-order valence-corrected chi connectivity index (χ1v) is 8.36. The van der Waals surface area contributed by atoms with Gasteiger partial charge >= 0.3 is 5.97 Å². The number of ether oxygens (including phenoxy) is 1. The predicted octanol–water partition coefficient (Wildman–Crippen LogP) is 2.50. The number of esters is 1. The normalized spacial score (nSPS) is 14.2. The number of anilines is 1. The summed E-state index contributed by atoms with van der Waals surface area (Å²) < 4.78 is 5.00. The molecule has 0 radical (unpaired) electrons. The van der Waals surface area contributed by atoms with Gasteiger partial charge < -0.3 is 15.4 Å². The van der Waals surface area contributed by atoms with Gasteiger partial charge in [-0.25, -0.2) is 0 Å². The first-order valence-electron chi connectivity index (χ1n) is 8.36. The maximum Gasteiger partial charge on any atom is 0.306 e. The summed E-state index contributed by atoms with van der Waals surface area (Å²) in [6.07, 6.45) is 6.11. The topological polar surface area (TPSA) is 84.5 Å². The van der Waals surface area contributed by atoms with Crippen molar-refractivity contribution in [3.05, 3.63) is 29.8 Å². The molecule has 130 valence electrons. The number of nitrogens with one attached hydrogen (secondary N) is 2. The van der Waals surface area contributed by atoms with Crippen LogP contribution in [0.4, 0.5) is 5.69 Å². The molecule has 1 aliphatic rings. The van der Waals surface area contributed by atoms with Crippen LogP contribution < -0.4 is 10.6 Å². The van der Waals surface area contributed by atoms with Crippen LogP contribution in [0.1, 0.15) is 48.9 Å². The van der Waals surface area contributed by atoms with E-state index in [1.54, 1.807) is 31.3 Å². The average molecular weight is 332 g/mol. The van der Waals surface area contributed by atoms with Gasteiger partial charge in [0, 0.05) is 24.7 Å². The van der Waals surface area contributed by atoms with Crippen LogP contribution in [0, 0.1) is 5.92 Å². The van der Waals surface area contributed by atoms with Crippen molar-refractivity contribution in [1.29, 1.82) is 0 Å². The molecule has 1 aromatic rings. The van der Waals surface area contributed by atoms with Gasteiger partial charge in [-0.3, -0.25) is 14.4 Å². The lowest BCUT2D eigenvalue weighted by molar-refractivity contribution is -0.147. The summed E-state index contributed by atoms with van der Waals surface area (Å²) in [5.74, 6) is -0.279. The van der Waals surface area contributed by atoms with Crippen molar-refractivity contribution >= 4 is 23.5 Å². The fraction of sp³-hybridized carbons (Fsp3) is 0.500. The van der Waals surface area contributed by atoms with Crippen LogP contribution in [0.5, 0.6) is 0 Å². The maximum absolute atomic E-state index is 11.8. The van der Waals surface area contributed by atoms with Gasteiger partial charge in [0.05, 0.1) is 0 Å². The highest BCUT2D eigenvalue weighted by atomic mass is 16.5. The number of carbonyl (C=O) groups is 3. The summed E-state index contributed by atoms with van der Waals surface area (Å²) in [6.45, 7) is -0.291. The largest absolute Gasteiger partial charge is 0.456 e. The highest BCUT2D eigenvalue weighted by Crippen LogP contribution is 2.28. The zero-order valence-corrected chi connectivity index (χ0v) is 14.0. The van der Waals surface area contributed by atoms with Crippen LogP contribution in [0.3, 0.4) is 0 Å². The van der Waals surface area contributed by atoms with E-state index in [4.69, 9.17) is 4.74 Å². The minimum absolute atomic E-state index is 0.191. The molecule has 6 nitrogen and oxygen atoms in total. The Kier molecular flexibility index (Phi) is 6.78. The van der Waals surface area contributed by atoms with E-state index in [1.165, 1.54) is 25.7 Å². The van der Waals surface area contributed by atoms with Crippen molar-refractivity contribution in [3.63, 3.8) is 0 Å². The summed E-state index contributed by atoms with van der Waals surface area (Å²) in [5, 5.41) is 5.15. The van der Waals surface area contributed by atoms with Crippen LogP contribution >= 0.6 is 0 Å². The maximum atomic E-state index is 11.8. The zero-order valence-electron chi connectivity index (χ0n) is 14.0. The summed E-state index contributed by atoms with van der Waals surface area (Å²) in [4.78, 5) is 34.9. The van der Waals surface area contributed by atoms with Crippen LogP contribution in [-0.2, 0) is 14.3 Å². The minimum Gasteiger partial charge on any atom is -0.456 e. The Labute approximate surface area is 142 Å². The van der Waals surface area contributed by atoms with Crippen LogP contribution in [0.25, 0.3) is 0 Å². The molecule has 0 spiro atoms. The predicted molar refractivity (Wildman–Crippen MR) is 90.6 cm³/mol. The lowest BCUT2D eigenvalue weighted by Gasteiger charge is -2.09. The third-order valence-corrected chi connectivity index (χ3v) is 4.25. The van der Waals surface area contributed by atoms with E-state index >= 15 is 0 Å². The molecule has 1 aromatic carbocycles. The molecule has 0 unspecified atom stereocenters. The molecular formula is C18H24N2O4. The molecule has 6 heteroatoms. The molecule has 0 saturated heterocycles. The summed E-state index contributed by atoms with van der Waals surface area (Å²) in [7, 11) is 1.55. The highest BCUT2D eigenvalue weighted by molar-refractivity contribution is 5.96. The second-order valence-electron chi connectivity index (χ2n) is 6.05. The Bertz CT molecular complexity index is 577. The first kappa shape index (κ1) is 18.0. The lowest BCUT2D eigenvalue weighted by atomic mass is 10.0. The van der Waals surface area contributed by atoms with Gasteiger partial charge in [-0.1, -0.05) is 25.7 Å². The van der Waals surface area contributed by atoms with E-state index in [0.29, 0.717) is 23.6 Å². The quantitative estimate of drug-likeness (QED) is 0.751. The van der Waals surface area contributed by atoms with Gasteiger partial charge in [0.25, 0.3) is 11.8 Å². The fourth-order valence-electron chi connectivity index (χ4n) is 2.89. The Morgan fingerprint density at radius 3 is 2.42 bits per heavy atom. The molecule has 0 aliphatic heterocycles. The standard InChI is InChI=1S/C18H24N2O4/c1-19-18(23)14-7-9-15(10-8-14)20-16(21)12-24-17(22)11-6-13-4-2-3-5-13/h7-10,13H,2-6,11-12H2,1H3,(H,19,23)(H,20,21). The lowest BCUT2D eigenvalue weighted by Crippen LogP contribution is -2.21. The summed E-state index contributed by atoms with van der Waals surface area (Å²) >= 11 is 0. The number of hydrogen-bond acceptors (Lipinski definition) is 4. The molecule has 0 atom stereocenters. The number of rotatable bonds is 7. The van der Waals surface area contributed by atoms with Gasteiger partial charge in [-0.15, -0.1) is 0 Å². The molecule has 2 rings (SSSR count). The summed E-state index contributed by atoms with van der Waals surface area (Å²) in [5.41, 5.74) is 1.06. The van der Waals surface area contributed by atoms with Crippen LogP contribution in [0.2, 0.25) is 0 Å². The van der Waals surface area contributed by atoms with Crippen molar-refractivity contribution in [2.24, 2.45) is 5.92 Å². The monoisotopic (exact) mass is 332 g/mol. The molecule has 0 aromatic heterocycles. The SMILES string of the molecule is CNC(=O)c1ccc(NC(=O)COC(=O)CCC2CCCC2)cc1. The van der Waals surface area contributed by atoms with E-state index < -0.39 is 5.91 Å². The highest BCUT2D eigenvalue weighted by Gasteiger charge is 2.17. The second-order valence-corrected chi connectivity index (χ2v) is 6.05. The van der Waals surface area contributed by atoms with E-state index in [0.717, 1.165) is 6.42 Å². The second kappa shape index (κ2) is 9.05. The van der Waals surface area contributed by atoms with E-state index in [1.807, 2.05) is 0 Å². The van der Waals surface area contributed by atoms with E-state index in [9.17, 15) is 14.4 Å². The smallest absolute Gasteiger partial charge is 0.306 e. The first-order chi connectivity index (χ1) is 11.6. The number of benzene rings is 1. The van der Waals surface area contributed by atoms with Gasteiger partial charge in [-0.05, 0) is 36.6 Å². The molecule has 1 fully saturated rings. The Morgan fingerprint density at radius 1 is 1.12 bits per heavy atom. The number of carbonyl (C=O) groups excluding carboxylic acids is 3. The van der Waals surface area contributed by atoms with Crippen molar-refractivity contribution in [1.82, 2.24) is 5.32 Å². The Hall–Kier alpha value is -2.37. The summed E-state index contributed by atoms with van der Waals surface area (Å²) in [6, 6.07) is 6.49. The van der Waals surface area contributed by atoms with Crippen molar-refractivity contribution in [2.75, 3.05) is 19.0 Å².